The van der Waals surface area contributed by atoms with Gasteiger partial charge in [-0.2, -0.15) is 11.8 Å². The molecule has 0 aromatic rings. The summed E-state index contributed by atoms with van der Waals surface area (Å²) < 4.78 is -0.514. The van der Waals surface area contributed by atoms with Crippen LogP contribution in [0.3, 0.4) is 0 Å². The molecule has 1 aliphatic rings. The Morgan fingerprint density at radius 2 is 2.40 bits per heavy atom. The van der Waals surface area contributed by atoms with Crippen molar-refractivity contribution in [3.63, 3.8) is 0 Å². The van der Waals surface area contributed by atoms with Crippen molar-refractivity contribution in [2.75, 3.05) is 17.8 Å². The topological polar surface area (TPSA) is 40.1 Å². The van der Waals surface area contributed by atoms with Crippen molar-refractivity contribution in [1.82, 2.24) is 0 Å². The molecule has 52 valence electrons. The summed E-state index contributed by atoms with van der Waals surface area (Å²) in [6.45, 7) is 0. The van der Waals surface area contributed by atoms with Gasteiger partial charge in [-0.25, -0.2) is 0 Å². The van der Waals surface area contributed by atoms with Crippen LogP contribution < -0.4 is 34.7 Å². The third-order valence-electron chi connectivity index (χ3n) is 1.24. The number of carbonyl (C=O) groups is 1. The molecule has 5 heteroatoms. The number of hydrogen-bond donors (Lipinski definition) is 0. The molecule has 1 atom stereocenters. The molecule has 1 rings (SSSR count). The van der Waals surface area contributed by atoms with Gasteiger partial charge in [0.1, 0.15) is 0 Å². The van der Waals surface area contributed by atoms with Crippen LogP contribution in [0.2, 0.25) is 0 Å². The van der Waals surface area contributed by atoms with Crippen LogP contribution in [0, 0.1) is 0 Å². The predicted octanol–water partition coefficient (Wildman–Crippen LogP) is -3.41. The number of thioether (sulfide) groups is 2. The van der Waals surface area contributed by atoms with Gasteiger partial charge in [0.05, 0.1) is 10.7 Å². The number of rotatable bonds is 3. The van der Waals surface area contributed by atoms with E-state index in [-0.39, 0.29) is 29.6 Å². The molecule has 2 nitrogen and oxygen atoms in total. The number of hydrogen-bond acceptors (Lipinski definition) is 4. The molecule has 0 aromatic heterocycles. The molecule has 0 aliphatic carbocycles. The van der Waals surface area contributed by atoms with Crippen molar-refractivity contribution >= 4 is 29.5 Å². The minimum absolute atomic E-state index is 0. The van der Waals surface area contributed by atoms with Crippen LogP contribution in [-0.2, 0) is 4.79 Å². The van der Waals surface area contributed by atoms with Crippen molar-refractivity contribution in [3.05, 3.63) is 0 Å². The second-order valence-electron chi connectivity index (χ2n) is 2.00. The largest absolute Gasteiger partial charge is 1.00 e. The Morgan fingerprint density at radius 1 is 1.90 bits per heavy atom. The average molecular weight is 186 g/mol. The van der Waals surface area contributed by atoms with Crippen LogP contribution in [0.15, 0.2) is 0 Å². The van der Waals surface area contributed by atoms with Crippen LogP contribution in [0.1, 0.15) is 0 Å². The quantitative estimate of drug-likeness (QED) is 0.340. The molecule has 0 amide bonds. The predicted molar refractivity (Wildman–Crippen MR) is 38.6 cm³/mol. The summed E-state index contributed by atoms with van der Waals surface area (Å²) >= 11 is 3.02. The monoisotopic (exact) mass is 186 g/mol. The molecule has 0 spiro atoms. The molecule has 1 fully saturated rings. The first-order chi connectivity index (χ1) is 4.21. The van der Waals surface area contributed by atoms with Gasteiger partial charge in [-0.15, -0.1) is 11.8 Å². The molecule has 0 bridgehead atoms. The van der Waals surface area contributed by atoms with Gasteiger partial charge in [0.2, 0.25) is 0 Å². The number of carboxylic acid groups (broad SMARTS) is 1. The Bertz CT molecular complexity index is 136. The molecular formula is C5H7NaO2S2. The van der Waals surface area contributed by atoms with Gasteiger partial charge >= 0.3 is 29.6 Å². The Hall–Kier alpha value is 1.17. The number of aliphatic carboxylic acids is 1. The third-order valence-corrected chi connectivity index (χ3v) is 3.50. The van der Waals surface area contributed by atoms with Gasteiger partial charge in [-0.1, -0.05) is 0 Å². The van der Waals surface area contributed by atoms with Gasteiger partial charge in [0.15, 0.2) is 0 Å². The van der Waals surface area contributed by atoms with E-state index in [4.69, 9.17) is 0 Å². The molecule has 1 saturated heterocycles. The van der Waals surface area contributed by atoms with Gasteiger partial charge < -0.3 is 9.90 Å². The van der Waals surface area contributed by atoms with Gasteiger partial charge in [-0.3, -0.25) is 0 Å². The normalized spacial score (nSPS) is 28.9. The molecule has 10 heavy (non-hydrogen) atoms. The van der Waals surface area contributed by atoms with Crippen LogP contribution in [0.4, 0.5) is 0 Å². The SMILES string of the molecule is CSCC1(C(=O)[O-])CS1.[Na+]. The summed E-state index contributed by atoms with van der Waals surface area (Å²) in [5.41, 5.74) is 0. The zero-order valence-corrected chi connectivity index (χ0v) is 9.68. The van der Waals surface area contributed by atoms with E-state index in [9.17, 15) is 9.90 Å². The second-order valence-corrected chi connectivity index (χ2v) is 4.23. The maximum atomic E-state index is 10.3. The fourth-order valence-electron chi connectivity index (χ4n) is 0.580. The summed E-state index contributed by atoms with van der Waals surface area (Å²) in [4.78, 5) is 10.3. The van der Waals surface area contributed by atoms with E-state index in [1.165, 1.54) is 11.8 Å². The van der Waals surface area contributed by atoms with Crippen molar-refractivity contribution in [3.8, 4) is 0 Å². The van der Waals surface area contributed by atoms with Crippen molar-refractivity contribution in [2.45, 2.75) is 4.75 Å². The first-order valence-electron chi connectivity index (χ1n) is 2.56. The zero-order valence-electron chi connectivity index (χ0n) is 6.05. The first-order valence-corrected chi connectivity index (χ1v) is 4.93. The van der Waals surface area contributed by atoms with E-state index in [0.717, 1.165) is 5.75 Å². The second kappa shape index (κ2) is 4.26. The Kier molecular flexibility index (Phi) is 4.76. The molecule has 0 aromatic carbocycles. The standard InChI is InChI=1S/C5H8O2S2.Na/c1-8-2-5(3-9-5)4(6)7;/h2-3H2,1H3,(H,6,7);/q;+1/p-1. The fourth-order valence-corrected chi connectivity index (χ4v) is 2.59. The zero-order chi connectivity index (χ0) is 6.91. The van der Waals surface area contributed by atoms with Crippen LogP contribution >= 0.6 is 23.5 Å². The van der Waals surface area contributed by atoms with E-state index in [1.807, 2.05) is 6.26 Å². The molecule has 1 unspecified atom stereocenters. The van der Waals surface area contributed by atoms with E-state index in [2.05, 4.69) is 0 Å². The molecule has 0 radical (unpaired) electrons. The van der Waals surface area contributed by atoms with Crippen molar-refractivity contribution < 1.29 is 39.5 Å². The Morgan fingerprint density at radius 3 is 2.50 bits per heavy atom. The van der Waals surface area contributed by atoms with E-state index in [0.29, 0.717) is 5.75 Å². The van der Waals surface area contributed by atoms with Crippen LogP contribution in [0.5, 0.6) is 0 Å². The summed E-state index contributed by atoms with van der Waals surface area (Å²) in [7, 11) is 0. The van der Waals surface area contributed by atoms with Gasteiger partial charge in [0, 0.05) is 11.5 Å². The average Bonchev–Trinajstić information content (AvgIpc) is 2.49. The third kappa shape index (κ3) is 2.34. The minimum atomic E-state index is -0.901. The number of carboxylic acids is 1. The van der Waals surface area contributed by atoms with Crippen molar-refractivity contribution in [1.29, 1.82) is 0 Å². The Labute approximate surface area is 90.8 Å². The summed E-state index contributed by atoms with van der Waals surface area (Å²) in [6.07, 6.45) is 1.91. The Balaban J connectivity index is 0.000000810. The fraction of sp³-hybridized carbons (Fsp3) is 0.800. The maximum Gasteiger partial charge on any atom is 1.00 e. The van der Waals surface area contributed by atoms with Gasteiger partial charge in [-0.05, 0) is 6.26 Å². The molecule has 0 saturated carbocycles. The summed E-state index contributed by atoms with van der Waals surface area (Å²) in [6, 6.07) is 0. The smallest absolute Gasteiger partial charge is 0.549 e. The summed E-state index contributed by atoms with van der Waals surface area (Å²) in [5.74, 6) is 0.512. The molecule has 1 heterocycles. The van der Waals surface area contributed by atoms with E-state index in [1.54, 1.807) is 11.8 Å². The van der Waals surface area contributed by atoms with Crippen molar-refractivity contribution in [2.24, 2.45) is 0 Å². The van der Waals surface area contributed by atoms with Crippen LogP contribution in [-0.4, -0.2) is 28.5 Å². The van der Waals surface area contributed by atoms with Gasteiger partial charge in [0.25, 0.3) is 0 Å². The molecule has 0 N–H and O–H groups in total. The molecule has 1 aliphatic heterocycles. The van der Waals surface area contributed by atoms with E-state index < -0.39 is 10.7 Å². The number of carbonyl (C=O) groups excluding carboxylic acids is 1. The molecular weight excluding hydrogens is 179 g/mol. The van der Waals surface area contributed by atoms with E-state index >= 15 is 0 Å². The minimum Gasteiger partial charge on any atom is -0.549 e. The first kappa shape index (κ1) is 11.2. The van der Waals surface area contributed by atoms with Crippen LogP contribution in [0.25, 0.3) is 0 Å². The maximum absolute atomic E-state index is 10.3. The summed E-state index contributed by atoms with van der Waals surface area (Å²) in [5, 5.41) is 10.3.